The van der Waals surface area contributed by atoms with Crippen LogP contribution in [0.5, 0.6) is 0 Å². The molecule has 11 heteroatoms. The van der Waals surface area contributed by atoms with Gasteiger partial charge in [0.2, 0.25) is 5.91 Å². The third-order valence-electron chi connectivity index (χ3n) is 5.15. The Labute approximate surface area is 194 Å². The Morgan fingerprint density at radius 2 is 2.06 bits per heavy atom. The topological polar surface area (TPSA) is 112 Å². The third kappa shape index (κ3) is 5.65. The number of cyclic esters (lactones) is 1. The number of carbonyl (C=O) groups is 2. The van der Waals surface area contributed by atoms with Crippen LogP contribution in [0.2, 0.25) is 0 Å². The van der Waals surface area contributed by atoms with E-state index >= 15 is 0 Å². The molecule has 1 unspecified atom stereocenters. The van der Waals surface area contributed by atoms with E-state index in [1.807, 2.05) is 24.3 Å². The van der Waals surface area contributed by atoms with Gasteiger partial charge in [0.1, 0.15) is 17.8 Å². The number of rotatable bonds is 9. The van der Waals surface area contributed by atoms with Crippen molar-refractivity contribution in [2.75, 3.05) is 23.9 Å². The number of nitrogens with one attached hydrogen (secondary N) is 3. The van der Waals surface area contributed by atoms with Crippen molar-refractivity contribution in [2.45, 2.75) is 19.2 Å². The Hall–Kier alpha value is -3.50. The number of amides is 2. The maximum atomic E-state index is 14.9. The normalized spacial score (nSPS) is 15.5. The minimum absolute atomic E-state index is 0.147. The van der Waals surface area contributed by atoms with Gasteiger partial charge >= 0.3 is 6.09 Å². The maximum absolute atomic E-state index is 14.9. The molecule has 0 bridgehead atoms. The van der Waals surface area contributed by atoms with E-state index in [1.165, 1.54) is 11.0 Å². The molecule has 1 aliphatic rings. The van der Waals surface area contributed by atoms with Crippen LogP contribution in [0.4, 0.5) is 14.9 Å². The fourth-order valence-electron chi connectivity index (χ4n) is 3.47. The van der Waals surface area contributed by atoms with E-state index in [2.05, 4.69) is 26.0 Å². The number of nitrogens with zero attached hydrogens (tertiary/aromatic N) is 3. The molecule has 3 N–H and O–H groups in total. The zero-order valence-corrected chi connectivity index (χ0v) is 18.3. The number of halogens is 2. The van der Waals surface area contributed by atoms with Crippen molar-refractivity contribution in [3.63, 3.8) is 0 Å². The van der Waals surface area contributed by atoms with E-state index in [9.17, 15) is 14.0 Å². The summed E-state index contributed by atoms with van der Waals surface area (Å²) in [4.78, 5) is 24.8. The molecule has 0 aliphatic carbocycles. The number of hydrogen-bond donors (Lipinski definition) is 3. The van der Waals surface area contributed by atoms with Gasteiger partial charge in [-0.25, -0.2) is 9.18 Å². The summed E-state index contributed by atoms with van der Waals surface area (Å²) < 4.78 is 20.1. The van der Waals surface area contributed by atoms with Crippen LogP contribution in [0.25, 0.3) is 11.1 Å². The molecule has 1 aromatic heterocycles. The van der Waals surface area contributed by atoms with Gasteiger partial charge in [0, 0.05) is 24.8 Å². The molecular weight excluding hydrogens is 451 g/mol. The van der Waals surface area contributed by atoms with Crippen molar-refractivity contribution >= 4 is 29.3 Å². The molecule has 2 heterocycles. The van der Waals surface area contributed by atoms with Gasteiger partial charge in [0.05, 0.1) is 24.5 Å². The van der Waals surface area contributed by atoms with Crippen LogP contribution < -0.4 is 15.5 Å². The second-order valence-electron chi connectivity index (χ2n) is 7.48. The standard InChI is InChI=1S/C22H22ClFN6O3/c23-8-21(31)26-12-18-13-30(22(32)33-18)17-5-6-19(20(24)7-17)15-3-1-14(2-4-15)9-25-10-16-11-27-29-28-16/h1-7,11,18,25H,8-10,12-13H2,(H,26,31)(H,27,28,29). The lowest BCUT2D eigenvalue weighted by Gasteiger charge is -2.15. The molecule has 2 aromatic carbocycles. The van der Waals surface area contributed by atoms with Crippen molar-refractivity contribution in [3.8, 4) is 11.1 Å². The largest absolute Gasteiger partial charge is 0.442 e. The summed E-state index contributed by atoms with van der Waals surface area (Å²) in [6.07, 6.45) is 0.608. The molecule has 9 nitrogen and oxygen atoms in total. The molecule has 2 amide bonds. The SMILES string of the molecule is O=C(CCl)NCC1CN(c2ccc(-c3ccc(CNCc4c[nH]nn4)cc3)c(F)c2)C(=O)O1. The monoisotopic (exact) mass is 472 g/mol. The quantitative estimate of drug-likeness (QED) is 0.413. The van der Waals surface area contributed by atoms with Crippen molar-refractivity contribution in [1.29, 1.82) is 0 Å². The van der Waals surface area contributed by atoms with Gasteiger partial charge in [-0.3, -0.25) is 14.8 Å². The van der Waals surface area contributed by atoms with Crippen molar-refractivity contribution in [3.05, 3.63) is 65.7 Å². The molecule has 1 atom stereocenters. The van der Waals surface area contributed by atoms with Gasteiger partial charge in [-0.15, -0.1) is 16.7 Å². The molecule has 0 spiro atoms. The molecule has 1 saturated heterocycles. The highest BCUT2D eigenvalue weighted by Gasteiger charge is 2.32. The fraction of sp³-hybridized carbons (Fsp3) is 0.273. The minimum atomic E-state index is -0.588. The Kier molecular flexibility index (Phi) is 7.16. The van der Waals surface area contributed by atoms with Crippen molar-refractivity contribution in [1.82, 2.24) is 26.0 Å². The number of H-pyrrole nitrogens is 1. The number of carbonyl (C=O) groups excluding carboxylic acids is 2. The Bertz CT molecular complexity index is 1110. The molecule has 172 valence electrons. The van der Waals surface area contributed by atoms with E-state index in [0.29, 0.717) is 24.3 Å². The Morgan fingerprint density at radius 3 is 2.76 bits per heavy atom. The summed E-state index contributed by atoms with van der Waals surface area (Å²) in [5.41, 5.74) is 3.42. The summed E-state index contributed by atoms with van der Waals surface area (Å²) in [5, 5.41) is 16.1. The van der Waals surface area contributed by atoms with Crippen LogP contribution in [0.15, 0.2) is 48.7 Å². The predicted octanol–water partition coefficient (Wildman–Crippen LogP) is 2.58. The van der Waals surface area contributed by atoms with Crippen LogP contribution in [0.3, 0.4) is 0 Å². The van der Waals surface area contributed by atoms with Crippen molar-refractivity contribution in [2.24, 2.45) is 0 Å². The number of benzene rings is 2. The summed E-state index contributed by atoms with van der Waals surface area (Å²) in [6.45, 7) is 1.58. The number of alkyl halides is 1. The van der Waals surface area contributed by atoms with Gasteiger partial charge in [-0.2, -0.15) is 0 Å². The predicted molar refractivity (Wildman–Crippen MR) is 120 cm³/mol. The number of aromatic nitrogens is 3. The van der Waals surface area contributed by atoms with Gasteiger partial charge in [0.15, 0.2) is 0 Å². The van der Waals surface area contributed by atoms with E-state index in [1.54, 1.807) is 18.3 Å². The number of hydrogen-bond acceptors (Lipinski definition) is 6. The molecule has 33 heavy (non-hydrogen) atoms. The van der Waals surface area contributed by atoms with Crippen LogP contribution in [-0.4, -0.2) is 52.5 Å². The lowest BCUT2D eigenvalue weighted by Crippen LogP contribution is -2.35. The van der Waals surface area contributed by atoms with E-state index in [0.717, 1.165) is 16.8 Å². The smallest absolute Gasteiger partial charge is 0.414 e. The third-order valence-corrected chi connectivity index (χ3v) is 5.40. The van der Waals surface area contributed by atoms with Crippen LogP contribution in [0, 0.1) is 5.82 Å². The molecular formula is C22H22ClFN6O3. The second-order valence-corrected chi connectivity index (χ2v) is 7.75. The summed E-state index contributed by atoms with van der Waals surface area (Å²) >= 11 is 5.44. The van der Waals surface area contributed by atoms with Gasteiger partial charge < -0.3 is 15.4 Å². The first-order chi connectivity index (χ1) is 16.0. The lowest BCUT2D eigenvalue weighted by molar-refractivity contribution is -0.119. The van der Waals surface area contributed by atoms with Gasteiger partial charge in [-0.05, 0) is 29.3 Å². The first kappa shape index (κ1) is 22.7. The van der Waals surface area contributed by atoms with E-state index in [4.69, 9.17) is 16.3 Å². The fourth-order valence-corrected chi connectivity index (χ4v) is 3.56. The Morgan fingerprint density at radius 1 is 1.24 bits per heavy atom. The molecule has 3 aromatic rings. The van der Waals surface area contributed by atoms with Crippen LogP contribution in [-0.2, 0) is 22.6 Å². The molecule has 4 rings (SSSR count). The maximum Gasteiger partial charge on any atom is 0.414 e. The summed E-state index contributed by atoms with van der Waals surface area (Å²) in [5.74, 6) is -0.966. The first-order valence-electron chi connectivity index (χ1n) is 10.3. The zero-order chi connectivity index (χ0) is 23.2. The van der Waals surface area contributed by atoms with E-state index < -0.39 is 18.0 Å². The average Bonchev–Trinajstić information content (AvgIpc) is 3.47. The lowest BCUT2D eigenvalue weighted by atomic mass is 10.0. The molecule has 0 saturated carbocycles. The highest BCUT2D eigenvalue weighted by atomic mass is 35.5. The zero-order valence-electron chi connectivity index (χ0n) is 17.6. The average molecular weight is 473 g/mol. The number of anilines is 1. The number of ether oxygens (including phenoxy) is 1. The Balaban J connectivity index is 1.37. The van der Waals surface area contributed by atoms with E-state index in [-0.39, 0.29) is 24.9 Å². The molecule has 0 radical (unpaired) electrons. The van der Waals surface area contributed by atoms with Crippen LogP contribution in [0.1, 0.15) is 11.3 Å². The molecule has 1 fully saturated rings. The first-order valence-corrected chi connectivity index (χ1v) is 10.8. The number of aromatic amines is 1. The highest BCUT2D eigenvalue weighted by molar-refractivity contribution is 6.27. The molecule has 1 aliphatic heterocycles. The summed E-state index contributed by atoms with van der Waals surface area (Å²) in [6, 6.07) is 12.2. The van der Waals surface area contributed by atoms with Gasteiger partial charge in [-0.1, -0.05) is 29.5 Å². The second kappa shape index (κ2) is 10.4. The van der Waals surface area contributed by atoms with Gasteiger partial charge in [0.25, 0.3) is 0 Å². The van der Waals surface area contributed by atoms with Crippen LogP contribution >= 0.6 is 11.6 Å². The summed E-state index contributed by atoms with van der Waals surface area (Å²) in [7, 11) is 0. The van der Waals surface area contributed by atoms with Crippen molar-refractivity contribution < 1.29 is 18.7 Å². The minimum Gasteiger partial charge on any atom is -0.442 e. The highest BCUT2D eigenvalue weighted by Crippen LogP contribution is 2.29.